The molecule has 0 saturated heterocycles. The third-order valence-corrected chi connectivity index (χ3v) is 6.39. The zero-order chi connectivity index (χ0) is 21.9. The smallest absolute Gasteiger partial charge is 0.259 e. The maximum absolute atomic E-state index is 12.9. The Morgan fingerprint density at radius 2 is 1.73 bits per heavy atom. The number of sulfonamides is 1. The van der Waals surface area contributed by atoms with Gasteiger partial charge < -0.3 is 5.32 Å². The molecule has 0 radical (unpaired) electrons. The van der Waals surface area contributed by atoms with Crippen LogP contribution in [-0.2, 0) is 10.0 Å². The van der Waals surface area contributed by atoms with Crippen LogP contribution < -0.4 is 10.0 Å². The van der Waals surface area contributed by atoms with E-state index in [4.69, 9.17) is 0 Å². The molecule has 0 atom stereocenters. The monoisotopic (exact) mass is 426 g/mol. The Morgan fingerprint density at radius 3 is 2.43 bits per heavy atom. The molecule has 1 heterocycles. The van der Waals surface area contributed by atoms with Crippen molar-refractivity contribution in [2.75, 3.05) is 15.8 Å². The van der Waals surface area contributed by atoms with E-state index in [0.717, 1.165) is 16.9 Å². The van der Waals surface area contributed by atoms with Gasteiger partial charge in [-0.3, -0.25) is 9.52 Å². The molecule has 0 aliphatic carbocycles. The highest BCUT2D eigenvalue weighted by Gasteiger charge is 2.18. The van der Waals surface area contributed by atoms with Gasteiger partial charge >= 0.3 is 0 Å². The first kappa shape index (κ1) is 21.6. The van der Waals surface area contributed by atoms with Crippen LogP contribution in [0.15, 0.2) is 48.7 Å². The van der Waals surface area contributed by atoms with Crippen molar-refractivity contribution in [3.05, 3.63) is 71.0 Å². The van der Waals surface area contributed by atoms with E-state index in [1.807, 2.05) is 45.0 Å². The highest BCUT2D eigenvalue weighted by molar-refractivity contribution is 7.92. The number of para-hydroxylation sites is 1. The van der Waals surface area contributed by atoms with Crippen LogP contribution in [0, 0.1) is 20.8 Å². The SMILES string of the molecule is CCCS(=O)(=O)Nc1cccc(NC(=O)c2cnn(-c3ccccc3C)c2C)c1C. The molecule has 2 N–H and O–H groups in total. The summed E-state index contributed by atoms with van der Waals surface area (Å²) in [5, 5.41) is 7.26. The zero-order valence-electron chi connectivity index (χ0n) is 17.6. The number of rotatable bonds is 7. The molecule has 0 saturated carbocycles. The molecular formula is C22H26N4O3S. The van der Waals surface area contributed by atoms with Gasteiger partial charge in [-0.2, -0.15) is 5.10 Å². The molecule has 8 heteroatoms. The largest absolute Gasteiger partial charge is 0.322 e. The van der Waals surface area contributed by atoms with Crippen molar-refractivity contribution in [1.82, 2.24) is 9.78 Å². The molecule has 30 heavy (non-hydrogen) atoms. The number of hydrogen-bond acceptors (Lipinski definition) is 4. The van der Waals surface area contributed by atoms with E-state index in [0.29, 0.717) is 28.9 Å². The molecule has 1 amide bonds. The molecule has 0 spiro atoms. The number of carbonyl (C=O) groups excluding carboxylic acids is 1. The van der Waals surface area contributed by atoms with E-state index >= 15 is 0 Å². The van der Waals surface area contributed by atoms with Crippen LogP contribution >= 0.6 is 0 Å². The Hall–Kier alpha value is -3.13. The molecular weight excluding hydrogens is 400 g/mol. The highest BCUT2D eigenvalue weighted by Crippen LogP contribution is 2.26. The van der Waals surface area contributed by atoms with Crippen LogP contribution in [0.5, 0.6) is 0 Å². The van der Waals surface area contributed by atoms with Crippen molar-refractivity contribution < 1.29 is 13.2 Å². The van der Waals surface area contributed by atoms with Crippen LogP contribution in [-0.4, -0.2) is 29.9 Å². The number of hydrogen-bond donors (Lipinski definition) is 2. The fourth-order valence-electron chi connectivity index (χ4n) is 3.24. The molecule has 0 fully saturated rings. The van der Waals surface area contributed by atoms with Crippen molar-refractivity contribution in [2.24, 2.45) is 0 Å². The van der Waals surface area contributed by atoms with E-state index in [9.17, 15) is 13.2 Å². The van der Waals surface area contributed by atoms with E-state index in [-0.39, 0.29) is 11.7 Å². The second kappa shape index (κ2) is 8.71. The fraction of sp³-hybridized carbons (Fsp3) is 0.273. The number of anilines is 2. The second-order valence-corrected chi connectivity index (χ2v) is 9.04. The summed E-state index contributed by atoms with van der Waals surface area (Å²) >= 11 is 0. The zero-order valence-corrected chi connectivity index (χ0v) is 18.4. The molecule has 0 aliphatic rings. The van der Waals surface area contributed by atoms with Crippen LogP contribution in [0.1, 0.15) is 40.5 Å². The Bertz CT molecular complexity index is 1180. The third kappa shape index (κ3) is 4.54. The van der Waals surface area contributed by atoms with Gasteiger partial charge in [0.15, 0.2) is 0 Å². The number of aryl methyl sites for hydroxylation is 1. The van der Waals surface area contributed by atoms with Crippen molar-refractivity contribution in [2.45, 2.75) is 34.1 Å². The van der Waals surface area contributed by atoms with Gasteiger partial charge in [-0.1, -0.05) is 31.2 Å². The lowest BCUT2D eigenvalue weighted by atomic mass is 10.1. The average Bonchev–Trinajstić information content (AvgIpc) is 3.06. The maximum Gasteiger partial charge on any atom is 0.259 e. The number of benzene rings is 2. The first-order valence-corrected chi connectivity index (χ1v) is 11.4. The van der Waals surface area contributed by atoms with Crippen LogP contribution in [0.2, 0.25) is 0 Å². The predicted octanol–water partition coefficient (Wildman–Crippen LogP) is 4.20. The molecule has 0 bridgehead atoms. The van der Waals surface area contributed by atoms with Gasteiger partial charge in [-0.15, -0.1) is 0 Å². The molecule has 0 unspecified atom stereocenters. The van der Waals surface area contributed by atoms with Crippen molar-refractivity contribution in [3.63, 3.8) is 0 Å². The number of nitrogens with zero attached hydrogens (tertiary/aromatic N) is 2. The highest BCUT2D eigenvalue weighted by atomic mass is 32.2. The van der Waals surface area contributed by atoms with Crippen LogP contribution in [0.25, 0.3) is 5.69 Å². The van der Waals surface area contributed by atoms with Crippen molar-refractivity contribution in [3.8, 4) is 5.69 Å². The van der Waals surface area contributed by atoms with Crippen LogP contribution in [0.3, 0.4) is 0 Å². The van der Waals surface area contributed by atoms with E-state index in [1.165, 1.54) is 0 Å². The van der Waals surface area contributed by atoms with Gasteiger partial charge in [0, 0.05) is 5.69 Å². The first-order valence-electron chi connectivity index (χ1n) is 9.75. The van der Waals surface area contributed by atoms with Gasteiger partial charge in [0.05, 0.1) is 34.6 Å². The molecule has 0 aliphatic heterocycles. The predicted molar refractivity (Wildman–Crippen MR) is 120 cm³/mol. The number of carbonyl (C=O) groups is 1. The molecule has 3 aromatic rings. The third-order valence-electron chi connectivity index (χ3n) is 4.92. The lowest BCUT2D eigenvalue weighted by molar-refractivity contribution is 0.102. The van der Waals surface area contributed by atoms with Gasteiger partial charge in [0.1, 0.15) is 0 Å². The first-order chi connectivity index (χ1) is 14.2. The Balaban J connectivity index is 1.86. The Kier molecular flexibility index (Phi) is 6.26. The van der Waals surface area contributed by atoms with E-state index in [2.05, 4.69) is 15.1 Å². The van der Waals surface area contributed by atoms with E-state index < -0.39 is 10.0 Å². The van der Waals surface area contributed by atoms with Gasteiger partial charge in [0.25, 0.3) is 5.91 Å². The van der Waals surface area contributed by atoms with Crippen molar-refractivity contribution in [1.29, 1.82) is 0 Å². The summed E-state index contributed by atoms with van der Waals surface area (Å²) in [5.41, 5.74) is 4.78. The summed E-state index contributed by atoms with van der Waals surface area (Å²) in [5.74, 6) is -0.260. The minimum absolute atomic E-state index is 0.0420. The minimum atomic E-state index is -3.42. The fourth-order valence-corrected chi connectivity index (χ4v) is 4.43. The topological polar surface area (TPSA) is 93.1 Å². The quantitative estimate of drug-likeness (QED) is 0.592. The molecule has 3 rings (SSSR count). The summed E-state index contributed by atoms with van der Waals surface area (Å²) in [7, 11) is -3.42. The number of amides is 1. The normalized spacial score (nSPS) is 11.3. The molecule has 2 aromatic carbocycles. The summed E-state index contributed by atoms with van der Waals surface area (Å²) in [4.78, 5) is 12.9. The maximum atomic E-state index is 12.9. The van der Waals surface area contributed by atoms with Crippen molar-refractivity contribution >= 4 is 27.3 Å². The van der Waals surface area contributed by atoms with E-state index in [1.54, 1.807) is 36.0 Å². The minimum Gasteiger partial charge on any atom is -0.322 e. The van der Waals surface area contributed by atoms with Gasteiger partial charge in [0.2, 0.25) is 10.0 Å². The standard InChI is InChI=1S/C22H26N4O3S/c1-5-13-30(28,29)25-20-11-8-10-19(16(20)3)24-22(27)18-14-23-26(17(18)4)21-12-7-6-9-15(21)2/h6-12,14,25H,5,13H2,1-4H3,(H,24,27). The average molecular weight is 427 g/mol. The van der Waals surface area contributed by atoms with Gasteiger partial charge in [-0.05, 0) is 56.5 Å². The Morgan fingerprint density at radius 1 is 1.03 bits per heavy atom. The number of aromatic nitrogens is 2. The second-order valence-electron chi connectivity index (χ2n) is 7.20. The van der Waals surface area contributed by atoms with Gasteiger partial charge in [-0.25, -0.2) is 13.1 Å². The summed E-state index contributed by atoms with van der Waals surface area (Å²) < 4.78 is 28.5. The molecule has 7 nitrogen and oxygen atoms in total. The summed E-state index contributed by atoms with van der Waals surface area (Å²) in [6, 6.07) is 13.0. The summed E-state index contributed by atoms with van der Waals surface area (Å²) in [6.45, 7) is 7.41. The lowest BCUT2D eigenvalue weighted by Gasteiger charge is -2.14. The van der Waals surface area contributed by atoms with Crippen LogP contribution in [0.4, 0.5) is 11.4 Å². The Labute approximate surface area is 177 Å². The summed E-state index contributed by atoms with van der Waals surface area (Å²) in [6.07, 6.45) is 2.06. The lowest BCUT2D eigenvalue weighted by Crippen LogP contribution is -2.18. The molecule has 158 valence electrons. The number of nitrogens with one attached hydrogen (secondary N) is 2. The molecule has 1 aromatic heterocycles.